The highest BCUT2D eigenvalue weighted by atomic mass is 32.1. The van der Waals surface area contributed by atoms with E-state index >= 15 is 0 Å². The molecular formula is C18H21N2O2S+. The van der Waals surface area contributed by atoms with E-state index in [1.807, 2.05) is 43.3 Å². The van der Waals surface area contributed by atoms with E-state index in [4.69, 9.17) is 14.1 Å². The van der Waals surface area contributed by atoms with Gasteiger partial charge in [0.25, 0.3) is 0 Å². The summed E-state index contributed by atoms with van der Waals surface area (Å²) in [4.78, 5) is 6.11. The Balaban J connectivity index is 1.69. The van der Waals surface area contributed by atoms with Gasteiger partial charge >= 0.3 is 0 Å². The second kappa shape index (κ2) is 6.98. The first kappa shape index (κ1) is 15.8. The van der Waals surface area contributed by atoms with E-state index in [-0.39, 0.29) is 0 Å². The molecule has 2 aromatic heterocycles. The molecule has 0 saturated carbocycles. The summed E-state index contributed by atoms with van der Waals surface area (Å²) in [5, 5.41) is 3.12. The van der Waals surface area contributed by atoms with Crippen molar-refractivity contribution in [1.82, 2.24) is 4.98 Å². The Morgan fingerprint density at radius 3 is 2.74 bits per heavy atom. The Morgan fingerprint density at radius 2 is 2.00 bits per heavy atom. The highest BCUT2D eigenvalue weighted by Crippen LogP contribution is 2.31. The first-order chi connectivity index (χ1) is 11.2. The van der Waals surface area contributed by atoms with Crippen molar-refractivity contribution < 1.29 is 14.1 Å². The van der Waals surface area contributed by atoms with E-state index in [1.54, 1.807) is 18.4 Å². The third-order valence-corrected chi connectivity index (χ3v) is 4.57. The minimum atomic E-state index is 0.857. The predicted octanol–water partition coefficient (Wildman–Crippen LogP) is 2.94. The van der Waals surface area contributed by atoms with Crippen LogP contribution in [0.3, 0.4) is 0 Å². The number of nitrogens with zero attached hydrogens (tertiary/aromatic N) is 1. The topological polar surface area (TPSA) is 39.7 Å². The highest BCUT2D eigenvalue weighted by molar-refractivity contribution is 7.13. The summed E-state index contributed by atoms with van der Waals surface area (Å²) in [7, 11) is 3.84. The molecular weight excluding hydrogens is 308 g/mol. The van der Waals surface area contributed by atoms with Gasteiger partial charge in [-0.15, -0.1) is 11.3 Å². The van der Waals surface area contributed by atoms with Crippen molar-refractivity contribution in [2.75, 3.05) is 14.2 Å². The lowest BCUT2D eigenvalue weighted by Gasteiger charge is -2.10. The summed E-state index contributed by atoms with van der Waals surface area (Å²) in [6, 6.07) is 12.0. The van der Waals surface area contributed by atoms with Gasteiger partial charge in [-0.25, -0.2) is 4.98 Å². The fraction of sp³-hybridized carbons (Fsp3) is 0.278. The average Bonchev–Trinajstić information content (AvgIpc) is 3.16. The van der Waals surface area contributed by atoms with Gasteiger partial charge in [-0.1, -0.05) is 12.1 Å². The van der Waals surface area contributed by atoms with Gasteiger partial charge in [-0.3, -0.25) is 0 Å². The third kappa shape index (κ3) is 3.81. The zero-order valence-corrected chi connectivity index (χ0v) is 14.4. The molecule has 1 unspecified atom stereocenters. The first-order valence-corrected chi connectivity index (χ1v) is 8.48. The molecule has 0 aliphatic rings. The second-order valence-electron chi connectivity index (χ2n) is 5.67. The molecule has 4 nitrogen and oxygen atoms in total. The molecule has 0 aliphatic heterocycles. The molecule has 0 bridgehead atoms. The number of methoxy groups -OCH3 is 1. The van der Waals surface area contributed by atoms with Crippen molar-refractivity contribution in [3.8, 4) is 16.3 Å². The van der Waals surface area contributed by atoms with Crippen molar-refractivity contribution in [3.05, 3.63) is 59.0 Å². The van der Waals surface area contributed by atoms with Crippen LogP contribution in [0.5, 0.6) is 5.75 Å². The molecule has 0 aliphatic carbocycles. The number of thiazole rings is 1. The number of nitrogens with one attached hydrogen (secondary N) is 1. The molecule has 3 aromatic rings. The number of quaternary nitrogens is 1. The van der Waals surface area contributed by atoms with Crippen LogP contribution >= 0.6 is 11.3 Å². The van der Waals surface area contributed by atoms with Crippen molar-refractivity contribution in [1.29, 1.82) is 0 Å². The van der Waals surface area contributed by atoms with E-state index in [9.17, 15) is 0 Å². The summed E-state index contributed by atoms with van der Waals surface area (Å²) in [5.41, 5.74) is 2.14. The lowest BCUT2D eigenvalue weighted by Crippen LogP contribution is -3.06. The summed E-state index contributed by atoms with van der Waals surface area (Å²) in [6.45, 7) is 3.69. The zero-order valence-electron chi connectivity index (χ0n) is 13.6. The standard InChI is InChI=1S/C18H20N2O2S/c1-13-8-9-15(22-13)11-20(2)10-14-12-23-18(19-14)16-6-4-5-7-17(16)21-3/h4-9,12H,10-11H2,1-3H3/p+1. The van der Waals surface area contributed by atoms with Gasteiger partial charge in [0.15, 0.2) is 5.76 Å². The summed E-state index contributed by atoms with van der Waals surface area (Å²) in [6.07, 6.45) is 0. The van der Waals surface area contributed by atoms with Gasteiger partial charge in [0.1, 0.15) is 35.3 Å². The van der Waals surface area contributed by atoms with Crippen LogP contribution in [0.4, 0.5) is 0 Å². The Kier molecular flexibility index (Phi) is 4.79. The monoisotopic (exact) mass is 329 g/mol. The van der Waals surface area contributed by atoms with E-state index in [2.05, 4.69) is 12.4 Å². The molecule has 0 radical (unpaired) electrons. The number of aryl methyl sites for hydroxylation is 1. The van der Waals surface area contributed by atoms with Gasteiger partial charge in [0.05, 0.1) is 19.7 Å². The number of ether oxygens (including phenoxy) is 1. The third-order valence-electron chi connectivity index (χ3n) is 3.64. The Morgan fingerprint density at radius 1 is 1.17 bits per heavy atom. The number of furan rings is 1. The van der Waals surface area contributed by atoms with Crippen molar-refractivity contribution in [3.63, 3.8) is 0 Å². The van der Waals surface area contributed by atoms with Crippen molar-refractivity contribution in [2.24, 2.45) is 0 Å². The molecule has 0 spiro atoms. The largest absolute Gasteiger partial charge is 0.496 e. The van der Waals surface area contributed by atoms with Gasteiger partial charge in [-0.2, -0.15) is 0 Å². The Bertz CT molecular complexity index is 779. The molecule has 0 fully saturated rings. The van der Waals surface area contributed by atoms with Crippen LogP contribution in [0.1, 0.15) is 17.2 Å². The quantitative estimate of drug-likeness (QED) is 0.756. The van der Waals surface area contributed by atoms with E-state index in [0.29, 0.717) is 0 Å². The van der Waals surface area contributed by atoms with E-state index < -0.39 is 0 Å². The minimum absolute atomic E-state index is 0.857. The molecule has 0 saturated heterocycles. The number of hydrogen-bond donors (Lipinski definition) is 1. The summed E-state index contributed by atoms with van der Waals surface area (Å²) >= 11 is 1.66. The summed E-state index contributed by atoms with van der Waals surface area (Å²) < 4.78 is 11.1. The Labute approximate surface area is 140 Å². The number of hydrogen-bond acceptors (Lipinski definition) is 4. The Hall–Kier alpha value is -2.11. The normalized spacial score (nSPS) is 12.3. The maximum absolute atomic E-state index is 5.64. The smallest absolute Gasteiger partial charge is 0.158 e. The molecule has 23 heavy (non-hydrogen) atoms. The van der Waals surface area contributed by atoms with Crippen molar-refractivity contribution >= 4 is 11.3 Å². The van der Waals surface area contributed by atoms with Gasteiger partial charge < -0.3 is 14.1 Å². The van der Waals surface area contributed by atoms with Crippen LogP contribution in [0, 0.1) is 6.92 Å². The predicted molar refractivity (Wildman–Crippen MR) is 91.8 cm³/mol. The molecule has 2 heterocycles. The SMILES string of the molecule is COc1ccccc1-c1nc(C[NH+](C)Cc2ccc(C)o2)cs1. The molecule has 5 heteroatoms. The maximum atomic E-state index is 5.64. The molecule has 1 N–H and O–H groups in total. The van der Waals surface area contributed by atoms with Crippen LogP contribution in [0.25, 0.3) is 10.6 Å². The molecule has 1 atom stereocenters. The molecule has 3 rings (SSSR count). The number of rotatable bonds is 6. The number of para-hydroxylation sites is 1. The van der Waals surface area contributed by atoms with Crippen LogP contribution in [-0.4, -0.2) is 19.1 Å². The molecule has 1 aromatic carbocycles. The molecule has 0 amide bonds. The van der Waals surface area contributed by atoms with E-state index in [1.165, 1.54) is 4.90 Å². The van der Waals surface area contributed by atoms with Gasteiger partial charge in [-0.05, 0) is 31.2 Å². The van der Waals surface area contributed by atoms with Gasteiger partial charge in [0.2, 0.25) is 0 Å². The first-order valence-electron chi connectivity index (χ1n) is 7.60. The number of aromatic nitrogens is 1. The van der Waals surface area contributed by atoms with Crippen LogP contribution in [0.15, 0.2) is 46.2 Å². The lowest BCUT2D eigenvalue weighted by molar-refractivity contribution is -0.909. The fourth-order valence-electron chi connectivity index (χ4n) is 2.58. The van der Waals surface area contributed by atoms with Crippen LogP contribution in [-0.2, 0) is 13.1 Å². The highest BCUT2D eigenvalue weighted by Gasteiger charge is 2.13. The van der Waals surface area contributed by atoms with Crippen molar-refractivity contribution in [2.45, 2.75) is 20.0 Å². The number of benzene rings is 1. The summed E-state index contributed by atoms with van der Waals surface area (Å²) in [5.74, 6) is 2.83. The molecule has 120 valence electrons. The van der Waals surface area contributed by atoms with Crippen LogP contribution < -0.4 is 9.64 Å². The maximum Gasteiger partial charge on any atom is 0.158 e. The van der Waals surface area contributed by atoms with E-state index in [0.717, 1.165) is 46.6 Å². The average molecular weight is 329 g/mol. The minimum Gasteiger partial charge on any atom is -0.496 e. The lowest BCUT2D eigenvalue weighted by atomic mass is 10.2. The van der Waals surface area contributed by atoms with Crippen LogP contribution in [0.2, 0.25) is 0 Å². The fourth-order valence-corrected chi connectivity index (χ4v) is 3.43. The zero-order chi connectivity index (χ0) is 16.2. The van der Waals surface area contributed by atoms with Gasteiger partial charge in [0, 0.05) is 5.38 Å². The second-order valence-corrected chi connectivity index (χ2v) is 6.53.